The molecule has 24 heavy (non-hydrogen) atoms. The Morgan fingerprint density at radius 1 is 1.42 bits per heavy atom. The van der Waals surface area contributed by atoms with E-state index in [1.165, 1.54) is 4.90 Å². The van der Waals surface area contributed by atoms with Crippen molar-refractivity contribution in [3.8, 4) is 5.75 Å². The molecule has 2 rings (SSSR count). The number of ether oxygens (including phenoxy) is 1. The van der Waals surface area contributed by atoms with E-state index < -0.39 is 11.5 Å². The molecule has 1 atom stereocenters. The highest BCUT2D eigenvalue weighted by Crippen LogP contribution is 2.27. The maximum atomic E-state index is 12.3. The lowest BCUT2D eigenvalue weighted by Gasteiger charge is -2.29. The molecule has 0 aromatic heterocycles. The van der Waals surface area contributed by atoms with Crippen molar-refractivity contribution < 1.29 is 14.3 Å². The van der Waals surface area contributed by atoms with Crippen molar-refractivity contribution in [2.75, 3.05) is 0 Å². The smallest absolute Gasteiger partial charge is 0.248 e. The van der Waals surface area contributed by atoms with Gasteiger partial charge in [0.05, 0.1) is 12.6 Å². The molecule has 1 aliphatic rings. The summed E-state index contributed by atoms with van der Waals surface area (Å²) in [6.07, 6.45) is 0.297. The van der Waals surface area contributed by atoms with Gasteiger partial charge in [0.2, 0.25) is 11.8 Å². The van der Waals surface area contributed by atoms with Crippen molar-refractivity contribution in [3.63, 3.8) is 0 Å². The van der Waals surface area contributed by atoms with Crippen LogP contribution in [-0.4, -0.2) is 34.3 Å². The van der Waals surface area contributed by atoms with Crippen molar-refractivity contribution in [1.82, 2.24) is 4.90 Å². The van der Waals surface area contributed by atoms with Crippen LogP contribution in [-0.2, 0) is 11.3 Å². The summed E-state index contributed by atoms with van der Waals surface area (Å²) in [5, 5.41) is 0. The lowest BCUT2D eigenvalue weighted by molar-refractivity contribution is -0.128. The van der Waals surface area contributed by atoms with Crippen LogP contribution in [0.25, 0.3) is 0 Å². The molecule has 0 aliphatic carbocycles. The van der Waals surface area contributed by atoms with Gasteiger partial charge < -0.3 is 16.2 Å². The third kappa shape index (κ3) is 4.24. The van der Waals surface area contributed by atoms with Crippen LogP contribution in [0.2, 0.25) is 0 Å². The molecule has 2 amide bonds. The molecule has 1 unspecified atom stereocenters. The maximum Gasteiger partial charge on any atom is 0.248 e. The van der Waals surface area contributed by atoms with Gasteiger partial charge in [-0.3, -0.25) is 14.5 Å². The van der Waals surface area contributed by atoms with Crippen LogP contribution >= 0.6 is 0 Å². The number of nitrogens with zero attached hydrogens (tertiary/aromatic N) is 2. The van der Waals surface area contributed by atoms with Crippen LogP contribution < -0.4 is 16.2 Å². The first kappa shape index (κ1) is 17.8. The van der Waals surface area contributed by atoms with Gasteiger partial charge in [-0.25, -0.2) is 4.99 Å². The molecule has 1 aromatic rings. The summed E-state index contributed by atoms with van der Waals surface area (Å²) in [6, 6.07) is 4.79. The van der Waals surface area contributed by atoms with E-state index in [4.69, 9.17) is 16.2 Å². The number of rotatable bonds is 4. The number of carbonyl (C=O) groups excluding carboxylic acids is 2. The van der Waals surface area contributed by atoms with Crippen LogP contribution in [0.1, 0.15) is 50.0 Å². The highest BCUT2D eigenvalue weighted by atomic mass is 16.5. The summed E-state index contributed by atoms with van der Waals surface area (Å²) in [4.78, 5) is 29.4. The van der Waals surface area contributed by atoms with Gasteiger partial charge in [-0.2, -0.15) is 0 Å². The number of aliphatic imine (C=N–C) groups is 1. The third-order valence-corrected chi connectivity index (χ3v) is 3.49. The molecule has 0 radical (unpaired) electrons. The van der Waals surface area contributed by atoms with Gasteiger partial charge in [0.25, 0.3) is 0 Å². The van der Waals surface area contributed by atoms with Crippen molar-refractivity contribution in [1.29, 1.82) is 0 Å². The van der Waals surface area contributed by atoms with E-state index in [1.54, 1.807) is 18.2 Å². The first-order valence-electron chi connectivity index (χ1n) is 7.82. The number of hydrogen-bond donors (Lipinski definition) is 2. The molecular weight excluding hydrogens is 308 g/mol. The van der Waals surface area contributed by atoms with Gasteiger partial charge in [-0.05, 0) is 45.9 Å². The molecule has 7 nitrogen and oxygen atoms in total. The van der Waals surface area contributed by atoms with E-state index >= 15 is 0 Å². The zero-order valence-electron chi connectivity index (χ0n) is 14.5. The third-order valence-electron chi connectivity index (χ3n) is 3.49. The molecule has 0 fully saturated rings. The Labute approximate surface area is 141 Å². The molecule has 7 heteroatoms. The average Bonchev–Trinajstić information content (AvgIpc) is 2.42. The topological polar surface area (TPSA) is 111 Å². The minimum absolute atomic E-state index is 0.110. The molecule has 1 aromatic carbocycles. The minimum Gasteiger partial charge on any atom is -0.488 e. The van der Waals surface area contributed by atoms with Crippen LogP contribution in [0.3, 0.4) is 0 Å². The highest BCUT2D eigenvalue weighted by molar-refractivity contribution is 5.98. The highest BCUT2D eigenvalue weighted by Gasteiger charge is 2.27. The number of guanidine groups is 1. The number of nitrogens with two attached hydrogens (primary N) is 2. The summed E-state index contributed by atoms with van der Waals surface area (Å²) in [7, 11) is 0. The summed E-state index contributed by atoms with van der Waals surface area (Å²) >= 11 is 0. The second-order valence-corrected chi connectivity index (χ2v) is 6.92. The molecule has 0 bridgehead atoms. The average molecular weight is 332 g/mol. The van der Waals surface area contributed by atoms with Gasteiger partial charge in [-0.15, -0.1) is 0 Å². The molecule has 0 saturated carbocycles. The molecule has 1 aliphatic heterocycles. The van der Waals surface area contributed by atoms with E-state index in [-0.39, 0.29) is 24.5 Å². The summed E-state index contributed by atoms with van der Waals surface area (Å²) in [6.45, 7) is 7.77. The van der Waals surface area contributed by atoms with Crippen molar-refractivity contribution in [2.24, 2.45) is 16.5 Å². The van der Waals surface area contributed by atoms with Crippen LogP contribution in [0.4, 0.5) is 0 Å². The largest absolute Gasteiger partial charge is 0.488 e. The molecule has 0 saturated heterocycles. The lowest BCUT2D eigenvalue weighted by atomic mass is 10.1. The Balaban J connectivity index is 2.39. The fourth-order valence-corrected chi connectivity index (χ4v) is 2.46. The normalized spacial score (nSPS) is 18.3. The van der Waals surface area contributed by atoms with E-state index in [1.807, 2.05) is 27.7 Å². The number of amides is 2. The van der Waals surface area contributed by atoms with Gasteiger partial charge in [0.1, 0.15) is 11.4 Å². The molecule has 1 heterocycles. The van der Waals surface area contributed by atoms with Crippen LogP contribution in [0.5, 0.6) is 5.75 Å². The standard InChI is InChI=1S/C17H24N4O3/c1-10-7-14(22)21(16(19)20-10)9-12-8-11(15(18)23)5-6-13(12)24-17(2,3)4/h5-6,8,10H,7,9H2,1-4H3,(H2,18,23)(H2,19,20). The van der Waals surface area contributed by atoms with Crippen molar-refractivity contribution in [3.05, 3.63) is 29.3 Å². The lowest BCUT2D eigenvalue weighted by Crippen LogP contribution is -2.46. The minimum atomic E-state index is -0.543. The Morgan fingerprint density at radius 3 is 2.62 bits per heavy atom. The number of primary amides is 1. The zero-order chi connectivity index (χ0) is 18.1. The maximum absolute atomic E-state index is 12.3. The van der Waals surface area contributed by atoms with Crippen molar-refractivity contribution in [2.45, 2.75) is 52.3 Å². The number of hydrogen-bond acceptors (Lipinski definition) is 5. The fourth-order valence-electron chi connectivity index (χ4n) is 2.46. The SMILES string of the molecule is CC1CC(=O)N(Cc2cc(C(N)=O)ccc2OC(C)(C)C)C(N)=N1. The monoisotopic (exact) mass is 332 g/mol. The summed E-state index contributed by atoms with van der Waals surface area (Å²) in [5.74, 6) is 0.0941. The Bertz CT molecular complexity index is 692. The fraction of sp³-hybridized carbons (Fsp3) is 0.471. The molecule has 0 spiro atoms. The second-order valence-electron chi connectivity index (χ2n) is 6.92. The van der Waals surface area contributed by atoms with Gasteiger partial charge in [0, 0.05) is 17.5 Å². The Kier molecular flexibility index (Phi) is 4.82. The second kappa shape index (κ2) is 6.51. The van der Waals surface area contributed by atoms with Gasteiger partial charge in [0.15, 0.2) is 5.96 Å². The Morgan fingerprint density at radius 2 is 2.08 bits per heavy atom. The van der Waals surface area contributed by atoms with Gasteiger partial charge in [-0.1, -0.05) is 0 Å². The van der Waals surface area contributed by atoms with E-state index in [9.17, 15) is 9.59 Å². The number of benzene rings is 1. The van der Waals surface area contributed by atoms with Gasteiger partial charge >= 0.3 is 0 Å². The van der Waals surface area contributed by atoms with E-state index in [0.29, 0.717) is 23.3 Å². The van der Waals surface area contributed by atoms with E-state index in [0.717, 1.165) is 0 Å². The molecule has 130 valence electrons. The predicted octanol–water partition coefficient (Wildman–Crippen LogP) is 1.40. The summed E-state index contributed by atoms with van der Waals surface area (Å²) in [5.41, 5.74) is 11.8. The predicted molar refractivity (Wildman–Crippen MR) is 91.6 cm³/mol. The Hall–Kier alpha value is -2.57. The first-order valence-corrected chi connectivity index (χ1v) is 7.82. The molecular formula is C17H24N4O3. The molecule has 4 N–H and O–H groups in total. The zero-order valence-corrected chi connectivity index (χ0v) is 14.5. The van der Waals surface area contributed by atoms with Crippen molar-refractivity contribution >= 4 is 17.8 Å². The summed E-state index contributed by atoms with van der Waals surface area (Å²) < 4.78 is 5.93. The van der Waals surface area contributed by atoms with Crippen LogP contribution in [0, 0.1) is 0 Å². The van der Waals surface area contributed by atoms with E-state index in [2.05, 4.69) is 4.99 Å². The number of carbonyl (C=O) groups is 2. The quantitative estimate of drug-likeness (QED) is 0.868. The first-order chi connectivity index (χ1) is 11.1. The van der Waals surface area contributed by atoms with Crippen LogP contribution in [0.15, 0.2) is 23.2 Å².